The Hall–Kier alpha value is -1.31. The summed E-state index contributed by atoms with van der Waals surface area (Å²) < 4.78 is 0. The third-order valence-electron chi connectivity index (χ3n) is 2.25. The molecule has 62 valence electrons. The molecule has 0 aromatic heterocycles. The molecule has 1 aliphatic rings. The van der Waals surface area contributed by atoms with Crippen LogP contribution in [0.2, 0.25) is 0 Å². The molecule has 1 N–H and O–H groups in total. The summed E-state index contributed by atoms with van der Waals surface area (Å²) in [7, 11) is 0. The SMILES string of the molecule is O=C1NCC[C@H]1c1ccccc1. The molecule has 12 heavy (non-hydrogen) atoms. The zero-order valence-corrected chi connectivity index (χ0v) is 6.79. The van der Waals surface area contributed by atoms with Crippen molar-refractivity contribution in [2.45, 2.75) is 12.3 Å². The number of carbonyl (C=O) groups excluding carboxylic acids is 1. The first-order chi connectivity index (χ1) is 5.88. The average Bonchev–Trinajstić information content (AvgIpc) is 2.53. The van der Waals surface area contributed by atoms with Crippen LogP contribution in [-0.4, -0.2) is 12.5 Å². The molecule has 0 unspecified atom stereocenters. The molecule has 2 heteroatoms. The lowest BCUT2D eigenvalue weighted by atomic mass is 9.98. The van der Waals surface area contributed by atoms with Gasteiger partial charge in [-0.3, -0.25) is 4.79 Å². The molecule has 0 bridgehead atoms. The Bertz CT molecular complexity index is 281. The van der Waals surface area contributed by atoms with Gasteiger partial charge in [-0.2, -0.15) is 0 Å². The molecular formula is C10H11NO. The molecule has 1 heterocycles. The Morgan fingerprint density at radius 2 is 2.00 bits per heavy atom. The topological polar surface area (TPSA) is 29.1 Å². The quantitative estimate of drug-likeness (QED) is 0.660. The number of hydrogen-bond donors (Lipinski definition) is 1. The Labute approximate surface area is 71.6 Å². The molecule has 1 atom stereocenters. The van der Waals surface area contributed by atoms with Crippen molar-refractivity contribution in [3.05, 3.63) is 35.9 Å². The van der Waals surface area contributed by atoms with Crippen LogP contribution in [0.4, 0.5) is 0 Å². The van der Waals surface area contributed by atoms with Gasteiger partial charge < -0.3 is 5.32 Å². The number of nitrogens with one attached hydrogen (secondary N) is 1. The van der Waals surface area contributed by atoms with Crippen LogP contribution in [0.25, 0.3) is 0 Å². The molecule has 1 fully saturated rings. The van der Waals surface area contributed by atoms with E-state index >= 15 is 0 Å². The van der Waals surface area contributed by atoms with Crippen LogP contribution in [0.5, 0.6) is 0 Å². The summed E-state index contributed by atoms with van der Waals surface area (Å²) in [5.74, 6) is 0.257. The van der Waals surface area contributed by atoms with Gasteiger partial charge >= 0.3 is 0 Å². The Kier molecular flexibility index (Phi) is 1.82. The van der Waals surface area contributed by atoms with Crippen molar-refractivity contribution in [2.75, 3.05) is 6.54 Å². The van der Waals surface area contributed by atoms with Gasteiger partial charge in [-0.1, -0.05) is 30.3 Å². The Morgan fingerprint density at radius 3 is 2.58 bits per heavy atom. The highest BCUT2D eigenvalue weighted by Crippen LogP contribution is 2.22. The summed E-state index contributed by atoms with van der Waals surface area (Å²) in [6.07, 6.45) is 0.933. The van der Waals surface area contributed by atoms with Crippen LogP contribution in [0, 0.1) is 0 Å². The maximum absolute atomic E-state index is 11.3. The van der Waals surface area contributed by atoms with Crippen molar-refractivity contribution in [3.8, 4) is 0 Å². The molecule has 0 saturated carbocycles. The maximum atomic E-state index is 11.3. The maximum Gasteiger partial charge on any atom is 0.227 e. The zero-order valence-electron chi connectivity index (χ0n) is 6.79. The summed E-state index contributed by atoms with van der Waals surface area (Å²) in [5.41, 5.74) is 1.13. The molecular weight excluding hydrogens is 150 g/mol. The Balaban J connectivity index is 2.25. The first-order valence-corrected chi connectivity index (χ1v) is 4.20. The van der Waals surface area contributed by atoms with Gasteiger partial charge in [0.25, 0.3) is 0 Å². The van der Waals surface area contributed by atoms with E-state index in [2.05, 4.69) is 5.32 Å². The molecule has 1 aromatic carbocycles. The van der Waals surface area contributed by atoms with E-state index in [0.717, 1.165) is 18.5 Å². The Morgan fingerprint density at radius 1 is 1.25 bits per heavy atom. The fourth-order valence-electron chi connectivity index (χ4n) is 1.60. The van der Waals surface area contributed by atoms with E-state index in [1.807, 2.05) is 30.3 Å². The van der Waals surface area contributed by atoms with Crippen molar-refractivity contribution in [3.63, 3.8) is 0 Å². The summed E-state index contributed by atoms with van der Waals surface area (Å²) in [5, 5.41) is 2.83. The fourth-order valence-corrected chi connectivity index (χ4v) is 1.60. The standard InChI is InChI=1S/C10H11NO/c12-10-9(6-7-11-10)8-4-2-1-3-5-8/h1-5,9H,6-7H2,(H,11,12)/t9-/m0/s1. The van der Waals surface area contributed by atoms with Crippen LogP contribution in [0.15, 0.2) is 30.3 Å². The van der Waals surface area contributed by atoms with E-state index in [9.17, 15) is 4.79 Å². The predicted molar refractivity (Wildman–Crippen MR) is 46.8 cm³/mol. The normalized spacial score (nSPS) is 22.3. The number of amides is 1. The average molecular weight is 161 g/mol. The highest BCUT2D eigenvalue weighted by atomic mass is 16.2. The number of rotatable bonds is 1. The third-order valence-corrected chi connectivity index (χ3v) is 2.25. The molecule has 1 amide bonds. The molecule has 2 nitrogen and oxygen atoms in total. The first kappa shape index (κ1) is 7.35. The second-order valence-electron chi connectivity index (χ2n) is 3.04. The van der Waals surface area contributed by atoms with Gasteiger partial charge in [-0.05, 0) is 12.0 Å². The smallest absolute Gasteiger partial charge is 0.227 e. The van der Waals surface area contributed by atoms with E-state index in [1.54, 1.807) is 0 Å². The van der Waals surface area contributed by atoms with Crippen molar-refractivity contribution >= 4 is 5.91 Å². The second kappa shape index (κ2) is 2.97. The van der Waals surface area contributed by atoms with Crippen molar-refractivity contribution in [2.24, 2.45) is 0 Å². The van der Waals surface area contributed by atoms with E-state index < -0.39 is 0 Å². The first-order valence-electron chi connectivity index (χ1n) is 4.20. The van der Waals surface area contributed by atoms with Crippen molar-refractivity contribution in [1.82, 2.24) is 5.32 Å². The minimum atomic E-state index is 0.0891. The van der Waals surface area contributed by atoms with Crippen LogP contribution < -0.4 is 5.32 Å². The van der Waals surface area contributed by atoms with Gasteiger partial charge in [0.15, 0.2) is 0 Å². The molecule has 1 aromatic rings. The van der Waals surface area contributed by atoms with Gasteiger partial charge in [0.2, 0.25) is 5.91 Å². The number of carbonyl (C=O) groups is 1. The van der Waals surface area contributed by atoms with Gasteiger partial charge in [0.05, 0.1) is 5.92 Å². The van der Waals surface area contributed by atoms with Crippen LogP contribution in [0.1, 0.15) is 17.9 Å². The largest absolute Gasteiger partial charge is 0.356 e. The minimum absolute atomic E-state index is 0.0891. The van der Waals surface area contributed by atoms with Gasteiger partial charge in [-0.25, -0.2) is 0 Å². The highest BCUT2D eigenvalue weighted by molar-refractivity contribution is 5.85. The molecule has 1 saturated heterocycles. The monoisotopic (exact) mass is 161 g/mol. The molecule has 2 rings (SSSR count). The number of hydrogen-bond acceptors (Lipinski definition) is 1. The van der Waals surface area contributed by atoms with Crippen molar-refractivity contribution in [1.29, 1.82) is 0 Å². The predicted octanol–water partition coefficient (Wildman–Crippen LogP) is 1.29. The van der Waals surface area contributed by atoms with E-state index in [1.165, 1.54) is 0 Å². The van der Waals surface area contributed by atoms with E-state index in [4.69, 9.17) is 0 Å². The summed E-state index contributed by atoms with van der Waals surface area (Å²) in [4.78, 5) is 11.3. The molecule has 0 radical (unpaired) electrons. The molecule has 0 spiro atoms. The molecule has 0 aliphatic carbocycles. The second-order valence-corrected chi connectivity index (χ2v) is 3.04. The fraction of sp³-hybridized carbons (Fsp3) is 0.300. The summed E-state index contributed by atoms with van der Waals surface area (Å²) >= 11 is 0. The third kappa shape index (κ3) is 1.20. The van der Waals surface area contributed by atoms with E-state index in [0.29, 0.717) is 0 Å². The zero-order chi connectivity index (χ0) is 8.39. The summed E-state index contributed by atoms with van der Waals surface area (Å²) in [6, 6.07) is 9.93. The lowest BCUT2D eigenvalue weighted by Gasteiger charge is -2.05. The highest BCUT2D eigenvalue weighted by Gasteiger charge is 2.24. The minimum Gasteiger partial charge on any atom is -0.356 e. The number of benzene rings is 1. The van der Waals surface area contributed by atoms with Gasteiger partial charge in [0.1, 0.15) is 0 Å². The summed E-state index contributed by atoms with van der Waals surface area (Å²) in [6.45, 7) is 0.818. The van der Waals surface area contributed by atoms with Crippen LogP contribution >= 0.6 is 0 Å². The van der Waals surface area contributed by atoms with Gasteiger partial charge in [-0.15, -0.1) is 0 Å². The van der Waals surface area contributed by atoms with Crippen molar-refractivity contribution < 1.29 is 4.79 Å². The van der Waals surface area contributed by atoms with Crippen LogP contribution in [-0.2, 0) is 4.79 Å². The van der Waals surface area contributed by atoms with E-state index in [-0.39, 0.29) is 11.8 Å². The van der Waals surface area contributed by atoms with Gasteiger partial charge in [0, 0.05) is 6.54 Å². The lowest BCUT2D eigenvalue weighted by molar-refractivity contribution is -0.120. The van der Waals surface area contributed by atoms with Crippen LogP contribution in [0.3, 0.4) is 0 Å². The lowest BCUT2D eigenvalue weighted by Crippen LogP contribution is -2.17. The molecule has 1 aliphatic heterocycles.